The summed E-state index contributed by atoms with van der Waals surface area (Å²) in [6.07, 6.45) is 2.51. The maximum atomic E-state index is 10.7. The maximum absolute atomic E-state index is 10.7. The van der Waals surface area contributed by atoms with Crippen molar-refractivity contribution < 1.29 is 9.90 Å². The molecule has 0 spiro atoms. The Morgan fingerprint density at radius 2 is 2.31 bits per heavy atom. The normalized spacial score (nSPS) is 10.4. The van der Waals surface area contributed by atoms with E-state index in [-0.39, 0.29) is 5.69 Å². The molecule has 1 aromatic heterocycles. The summed E-state index contributed by atoms with van der Waals surface area (Å²) in [5.74, 6) is -1.00. The van der Waals surface area contributed by atoms with Crippen molar-refractivity contribution in [3.8, 4) is 0 Å². The number of rotatable bonds is 6. The minimum Gasteiger partial charge on any atom is -0.477 e. The Labute approximate surface area is 95.1 Å². The lowest BCUT2D eigenvalue weighted by Gasteiger charge is -2.10. The summed E-state index contributed by atoms with van der Waals surface area (Å²) in [5, 5.41) is 11.9. The average Bonchev–Trinajstić information content (AvgIpc) is 2.24. The fourth-order valence-corrected chi connectivity index (χ4v) is 1.29. The van der Waals surface area contributed by atoms with E-state index in [1.807, 2.05) is 14.1 Å². The highest BCUT2D eigenvalue weighted by atomic mass is 16.4. The molecule has 0 saturated carbocycles. The Kier molecular flexibility index (Phi) is 4.72. The number of carbonyl (C=O) groups is 1. The summed E-state index contributed by atoms with van der Waals surface area (Å²) in [6, 6.07) is 3.31. The van der Waals surface area contributed by atoms with Crippen molar-refractivity contribution in [1.82, 2.24) is 9.88 Å². The first-order chi connectivity index (χ1) is 7.59. The van der Waals surface area contributed by atoms with Crippen LogP contribution in [0.4, 0.5) is 5.69 Å². The van der Waals surface area contributed by atoms with E-state index in [4.69, 9.17) is 5.11 Å². The topological polar surface area (TPSA) is 65.5 Å². The molecule has 0 aliphatic rings. The molecule has 0 atom stereocenters. The molecule has 0 aliphatic heterocycles. The van der Waals surface area contributed by atoms with Gasteiger partial charge in [0.1, 0.15) is 5.69 Å². The second kappa shape index (κ2) is 6.07. The highest BCUT2D eigenvalue weighted by molar-refractivity contribution is 5.86. The van der Waals surface area contributed by atoms with E-state index in [1.54, 1.807) is 6.07 Å². The van der Waals surface area contributed by atoms with Gasteiger partial charge in [0.25, 0.3) is 0 Å². The lowest BCUT2D eigenvalue weighted by atomic mass is 10.3. The van der Waals surface area contributed by atoms with Crippen LogP contribution in [0.15, 0.2) is 18.3 Å². The van der Waals surface area contributed by atoms with Gasteiger partial charge in [0.2, 0.25) is 0 Å². The van der Waals surface area contributed by atoms with E-state index < -0.39 is 5.97 Å². The summed E-state index contributed by atoms with van der Waals surface area (Å²) in [7, 11) is 4.05. The van der Waals surface area contributed by atoms with Gasteiger partial charge in [-0.05, 0) is 39.2 Å². The predicted molar refractivity (Wildman–Crippen MR) is 62.9 cm³/mol. The van der Waals surface area contributed by atoms with Gasteiger partial charge in [-0.2, -0.15) is 0 Å². The summed E-state index contributed by atoms with van der Waals surface area (Å²) >= 11 is 0. The summed E-state index contributed by atoms with van der Waals surface area (Å²) in [5.41, 5.74) is 0.865. The summed E-state index contributed by atoms with van der Waals surface area (Å²) in [4.78, 5) is 16.5. The monoisotopic (exact) mass is 223 g/mol. The van der Waals surface area contributed by atoms with Crippen LogP contribution in [0.25, 0.3) is 0 Å². The number of aromatic carboxylic acids is 1. The van der Waals surface area contributed by atoms with Gasteiger partial charge in [-0.1, -0.05) is 0 Å². The van der Waals surface area contributed by atoms with E-state index in [1.165, 1.54) is 12.3 Å². The average molecular weight is 223 g/mol. The van der Waals surface area contributed by atoms with Crippen molar-refractivity contribution in [2.45, 2.75) is 6.42 Å². The zero-order valence-corrected chi connectivity index (χ0v) is 9.60. The number of anilines is 1. The highest BCUT2D eigenvalue weighted by Gasteiger charge is 2.04. The van der Waals surface area contributed by atoms with Crippen LogP contribution in [0, 0.1) is 0 Å². The zero-order valence-electron chi connectivity index (χ0n) is 9.60. The van der Waals surface area contributed by atoms with Crippen LogP contribution in [0.5, 0.6) is 0 Å². The van der Waals surface area contributed by atoms with Crippen LogP contribution < -0.4 is 5.32 Å². The molecule has 0 radical (unpaired) electrons. The fourth-order valence-electron chi connectivity index (χ4n) is 1.29. The first-order valence-electron chi connectivity index (χ1n) is 5.17. The molecule has 5 nitrogen and oxygen atoms in total. The van der Waals surface area contributed by atoms with Gasteiger partial charge >= 0.3 is 5.97 Å². The second-order valence-corrected chi connectivity index (χ2v) is 3.82. The van der Waals surface area contributed by atoms with Crippen molar-refractivity contribution in [3.63, 3.8) is 0 Å². The number of nitrogens with zero attached hydrogens (tertiary/aromatic N) is 2. The number of nitrogens with one attached hydrogen (secondary N) is 1. The number of hydrogen-bond acceptors (Lipinski definition) is 4. The third kappa shape index (κ3) is 4.27. The van der Waals surface area contributed by atoms with Crippen LogP contribution in [0.1, 0.15) is 16.9 Å². The summed E-state index contributed by atoms with van der Waals surface area (Å²) in [6.45, 7) is 1.82. The van der Waals surface area contributed by atoms with E-state index in [2.05, 4.69) is 15.2 Å². The van der Waals surface area contributed by atoms with E-state index in [9.17, 15) is 4.79 Å². The van der Waals surface area contributed by atoms with Crippen LogP contribution >= 0.6 is 0 Å². The zero-order chi connectivity index (χ0) is 12.0. The smallest absolute Gasteiger partial charge is 0.354 e. The molecule has 0 bridgehead atoms. The van der Waals surface area contributed by atoms with Gasteiger partial charge in [0, 0.05) is 18.4 Å². The van der Waals surface area contributed by atoms with Crippen LogP contribution in [0.2, 0.25) is 0 Å². The van der Waals surface area contributed by atoms with Gasteiger partial charge in [0.15, 0.2) is 0 Å². The fraction of sp³-hybridized carbons (Fsp3) is 0.455. The molecule has 0 aromatic carbocycles. The number of aromatic nitrogens is 1. The van der Waals surface area contributed by atoms with Crippen LogP contribution in [0.3, 0.4) is 0 Å². The Bertz CT molecular complexity index is 353. The van der Waals surface area contributed by atoms with Gasteiger partial charge in [0.05, 0.1) is 0 Å². The molecular weight excluding hydrogens is 206 g/mol. The molecule has 1 rings (SSSR count). The molecule has 0 amide bonds. The number of carboxylic acids is 1. The Balaban J connectivity index is 2.42. The van der Waals surface area contributed by atoms with E-state index in [0.29, 0.717) is 0 Å². The Morgan fingerprint density at radius 3 is 2.94 bits per heavy atom. The van der Waals surface area contributed by atoms with Gasteiger partial charge in [-0.25, -0.2) is 9.78 Å². The molecule has 1 aromatic rings. The van der Waals surface area contributed by atoms with Crippen molar-refractivity contribution in [2.75, 3.05) is 32.5 Å². The molecule has 0 unspecified atom stereocenters. The number of pyridine rings is 1. The molecule has 88 valence electrons. The molecular formula is C11H17N3O2. The number of hydrogen-bond donors (Lipinski definition) is 2. The third-order valence-electron chi connectivity index (χ3n) is 2.09. The number of carboxylic acid groups (broad SMARTS) is 1. The van der Waals surface area contributed by atoms with Gasteiger partial charge in [-0.3, -0.25) is 0 Å². The molecule has 0 aliphatic carbocycles. The minimum atomic E-state index is -1.00. The SMILES string of the molecule is CN(C)CCCNc1ccnc(C(=O)O)c1. The van der Waals surface area contributed by atoms with Crippen LogP contribution in [-0.2, 0) is 0 Å². The second-order valence-electron chi connectivity index (χ2n) is 3.82. The minimum absolute atomic E-state index is 0.0672. The summed E-state index contributed by atoms with van der Waals surface area (Å²) < 4.78 is 0. The Morgan fingerprint density at radius 1 is 1.56 bits per heavy atom. The van der Waals surface area contributed by atoms with E-state index in [0.717, 1.165) is 25.2 Å². The van der Waals surface area contributed by atoms with Crippen LogP contribution in [-0.4, -0.2) is 48.1 Å². The lowest BCUT2D eigenvalue weighted by Crippen LogP contribution is -2.16. The molecule has 0 saturated heterocycles. The molecule has 2 N–H and O–H groups in total. The molecule has 1 heterocycles. The van der Waals surface area contributed by atoms with Crippen molar-refractivity contribution in [2.24, 2.45) is 0 Å². The Hall–Kier alpha value is -1.62. The van der Waals surface area contributed by atoms with Crippen molar-refractivity contribution >= 4 is 11.7 Å². The van der Waals surface area contributed by atoms with Crippen molar-refractivity contribution in [1.29, 1.82) is 0 Å². The molecule has 5 heteroatoms. The first kappa shape index (κ1) is 12.4. The van der Waals surface area contributed by atoms with Gasteiger partial charge < -0.3 is 15.3 Å². The van der Waals surface area contributed by atoms with E-state index >= 15 is 0 Å². The van der Waals surface area contributed by atoms with Crippen molar-refractivity contribution in [3.05, 3.63) is 24.0 Å². The standard InChI is InChI=1S/C11H17N3O2/c1-14(2)7-3-5-12-9-4-6-13-10(8-9)11(15)16/h4,6,8H,3,5,7H2,1-2H3,(H,12,13)(H,15,16). The first-order valence-corrected chi connectivity index (χ1v) is 5.17. The lowest BCUT2D eigenvalue weighted by molar-refractivity contribution is 0.0690. The largest absolute Gasteiger partial charge is 0.477 e. The predicted octanol–water partition coefficient (Wildman–Crippen LogP) is 1.14. The maximum Gasteiger partial charge on any atom is 0.354 e. The molecule has 0 fully saturated rings. The third-order valence-corrected chi connectivity index (χ3v) is 2.09. The quantitative estimate of drug-likeness (QED) is 0.708. The highest BCUT2D eigenvalue weighted by Crippen LogP contribution is 2.07. The molecule has 16 heavy (non-hydrogen) atoms. The van der Waals surface area contributed by atoms with Gasteiger partial charge in [-0.15, -0.1) is 0 Å².